The molecule has 0 saturated heterocycles. The molecule has 2 aromatic carbocycles. The summed E-state index contributed by atoms with van der Waals surface area (Å²) in [5, 5.41) is 19.4. The van der Waals surface area contributed by atoms with Crippen LogP contribution in [-0.4, -0.2) is 35.6 Å². The Morgan fingerprint density at radius 1 is 0.905 bits per heavy atom. The van der Waals surface area contributed by atoms with Crippen molar-refractivity contribution in [3.63, 3.8) is 0 Å². The van der Waals surface area contributed by atoms with Crippen LogP contribution in [0.1, 0.15) is 5.56 Å². The molecule has 2 aromatic rings. The van der Waals surface area contributed by atoms with Crippen molar-refractivity contribution in [1.82, 2.24) is 0 Å². The molecular formula is C17H20O4. The molecule has 0 aliphatic rings. The van der Waals surface area contributed by atoms with E-state index in [9.17, 15) is 10.2 Å². The molecule has 0 radical (unpaired) electrons. The Morgan fingerprint density at radius 2 is 1.52 bits per heavy atom. The first-order chi connectivity index (χ1) is 10.3. The molecule has 2 N–H and O–H groups in total. The van der Waals surface area contributed by atoms with E-state index in [0.717, 1.165) is 5.56 Å². The Bertz CT molecular complexity index is 501. The molecule has 0 amide bonds. The molecule has 2 rings (SSSR count). The average molecular weight is 288 g/mol. The van der Waals surface area contributed by atoms with Crippen molar-refractivity contribution >= 4 is 0 Å². The third-order valence-electron chi connectivity index (χ3n) is 3.04. The molecule has 0 aliphatic heterocycles. The second-order valence-corrected chi connectivity index (χ2v) is 4.72. The summed E-state index contributed by atoms with van der Waals surface area (Å²) < 4.78 is 11.0. The Balaban J connectivity index is 1.79. The van der Waals surface area contributed by atoms with Crippen LogP contribution in [0.2, 0.25) is 0 Å². The number of aliphatic hydroxyl groups is 2. The van der Waals surface area contributed by atoms with E-state index < -0.39 is 12.2 Å². The minimum Gasteiger partial charge on any atom is -0.485 e. The van der Waals surface area contributed by atoms with Crippen LogP contribution in [0.15, 0.2) is 60.7 Å². The van der Waals surface area contributed by atoms with Crippen LogP contribution in [0.5, 0.6) is 5.75 Å². The molecule has 0 spiro atoms. The van der Waals surface area contributed by atoms with Crippen LogP contribution in [-0.2, 0) is 11.3 Å². The van der Waals surface area contributed by atoms with Gasteiger partial charge < -0.3 is 19.7 Å². The Labute approximate surface area is 124 Å². The summed E-state index contributed by atoms with van der Waals surface area (Å²) in [5.41, 5.74) is 1.04. The average Bonchev–Trinajstić information content (AvgIpc) is 2.54. The van der Waals surface area contributed by atoms with Crippen LogP contribution < -0.4 is 4.74 Å². The van der Waals surface area contributed by atoms with Crippen molar-refractivity contribution in [3.8, 4) is 5.75 Å². The molecular weight excluding hydrogens is 268 g/mol. The second-order valence-electron chi connectivity index (χ2n) is 4.72. The first kappa shape index (κ1) is 15.5. The zero-order valence-corrected chi connectivity index (χ0v) is 11.8. The van der Waals surface area contributed by atoms with E-state index in [1.807, 2.05) is 48.5 Å². The quantitative estimate of drug-likeness (QED) is 0.780. The fourth-order valence-corrected chi connectivity index (χ4v) is 1.89. The molecule has 112 valence electrons. The second kappa shape index (κ2) is 8.42. The van der Waals surface area contributed by atoms with E-state index in [-0.39, 0.29) is 13.2 Å². The summed E-state index contributed by atoms with van der Waals surface area (Å²) in [4.78, 5) is 0. The van der Waals surface area contributed by atoms with Gasteiger partial charge in [-0.05, 0) is 17.7 Å². The van der Waals surface area contributed by atoms with Gasteiger partial charge in [0.1, 0.15) is 18.0 Å². The molecule has 0 fully saturated rings. The summed E-state index contributed by atoms with van der Waals surface area (Å²) in [6, 6.07) is 18.8. The van der Waals surface area contributed by atoms with Gasteiger partial charge in [0.2, 0.25) is 0 Å². The Morgan fingerprint density at radius 3 is 2.14 bits per heavy atom. The zero-order chi connectivity index (χ0) is 14.9. The van der Waals surface area contributed by atoms with Crippen molar-refractivity contribution in [2.45, 2.75) is 18.8 Å². The maximum atomic E-state index is 10.0. The molecule has 0 saturated carbocycles. The number of rotatable bonds is 8. The van der Waals surface area contributed by atoms with E-state index in [1.165, 1.54) is 0 Å². The summed E-state index contributed by atoms with van der Waals surface area (Å²) in [6.07, 6.45) is -1.60. The summed E-state index contributed by atoms with van der Waals surface area (Å²) in [5.74, 6) is 0.610. The van der Waals surface area contributed by atoms with Crippen LogP contribution in [0, 0.1) is 0 Å². The van der Waals surface area contributed by atoms with E-state index >= 15 is 0 Å². The van der Waals surface area contributed by atoms with Gasteiger partial charge in [-0.25, -0.2) is 0 Å². The summed E-state index contributed by atoms with van der Waals surface area (Å²) in [6.45, 7) is 0.249. The van der Waals surface area contributed by atoms with Crippen LogP contribution in [0.4, 0.5) is 0 Å². The van der Waals surface area contributed by atoms with Crippen LogP contribution in [0.3, 0.4) is 0 Å². The smallest absolute Gasteiger partial charge is 0.150 e. The lowest BCUT2D eigenvalue weighted by molar-refractivity contribution is -0.0494. The molecule has 0 aromatic heterocycles. The lowest BCUT2D eigenvalue weighted by Crippen LogP contribution is -2.38. The maximum Gasteiger partial charge on any atom is 0.150 e. The van der Waals surface area contributed by atoms with E-state index in [4.69, 9.17) is 9.47 Å². The highest BCUT2D eigenvalue weighted by Gasteiger charge is 2.20. The SMILES string of the molecule is OCC(Oc1ccccc1)C(O)COCc1ccccc1. The third kappa shape index (κ3) is 5.19. The molecule has 2 atom stereocenters. The molecule has 2 unspecified atom stereocenters. The van der Waals surface area contributed by atoms with Crippen molar-refractivity contribution < 1.29 is 19.7 Å². The monoisotopic (exact) mass is 288 g/mol. The summed E-state index contributed by atoms with van der Waals surface area (Å²) >= 11 is 0. The number of hydrogen-bond donors (Lipinski definition) is 2. The van der Waals surface area contributed by atoms with E-state index in [1.54, 1.807) is 12.1 Å². The topological polar surface area (TPSA) is 58.9 Å². The molecule has 4 nitrogen and oxygen atoms in total. The number of aliphatic hydroxyl groups excluding tert-OH is 2. The van der Waals surface area contributed by atoms with Gasteiger partial charge in [0.15, 0.2) is 0 Å². The minimum absolute atomic E-state index is 0.104. The lowest BCUT2D eigenvalue weighted by Gasteiger charge is -2.22. The van der Waals surface area contributed by atoms with Gasteiger partial charge in [0, 0.05) is 0 Å². The highest BCUT2D eigenvalue weighted by atomic mass is 16.5. The van der Waals surface area contributed by atoms with Crippen LogP contribution >= 0.6 is 0 Å². The fraction of sp³-hybridized carbons (Fsp3) is 0.294. The fourth-order valence-electron chi connectivity index (χ4n) is 1.89. The third-order valence-corrected chi connectivity index (χ3v) is 3.04. The van der Waals surface area contributed by atoms with Gasteiger partial charge in [-0.1, -0.05) is 48.5 Å². The van der Waals surface area contributed by atoms with E-state index in [0.29, 0.717) is 12.4 Å². The van der Waals surface area contributed by atoms with Crippen molar-refractivity contribution in [3.05, 3.63) is 66.2 Å². The highest BCUT2D eigenvalue weighted by Crippen LogP contribution is 2.13. The van der Waals surface area contributed by atoms with Crippen molar-refractivity contribution in [2.24, 2.45) is 0 Å². The molecule has 4 heteroatoms. The number of ether oxygens (including phenoxy) is 2. The lowest BCUT2D eigenvalue weighted by atomic mass is 10.2. The molecule has 21 heavy (non-hydrogen) atoms. The van der Waals surface area contributed by atoms with Crippen LogP contribution in [0.25, 0.3) is 0 Å². The predicted octanol–water partition coefficient (Wildman–Crippen LogP) is 2.00. The first-order valence-corrected chi connectivity index (χ1v) is 6.92. The van der Waals surface area contributed by atoms with Gasteiger partial charge in [0.25, 0.3) is 0 Å². The molecule has 0 heterocycles. The van der Waals surface area contributed by atoms with Gasteiger partial charge in [-0.15, -0.1) is 0 Å². The number of hydrogen-bond acceptors (Lipinski definition) is 4. The van der Waals surface area contributed by atoms with Gasteiger partial charge in [-0.2, -0.15) is 0 Å². The first-order valence-electron chi connectivity index (χ1n) is 6.92. The van der Waals surface area contributed by atoms with Gasteiger partial charge >= 0.3 is 0 Å². The maximum absolute atomic E-state index is 10.0. The number of para-hydroxylation sites is 1. The number of benzene rings is 2. The predicted molar refractivity (Wildman–Crippen MR) is 80.0 cm³/mol. The largest absolute Gasteiger partial charge is 0.485 e. The normalized spacial score (nSPS) is 13.6. The molecule has 0 aliphatic carbocycles. The Kier molecular flexibility index (Phi) is 6.22. The van der Waals surface area contributed by atoms with Crippen molar-refractivity contribution in [2.75, 3.05) is 13.2 Å². The molecule has 0 bridgehead atoms. The zero-order valence-electron chi connectivity index (χ0n) is 11.8. The van der Waals surface area contributed by atoms with Gasteiger partial charge in [-0.3, -0.25) is 0 Å². The van der Waals surface area contributed by atoms with E-state index in [2.05, 4.69) is 0 Å². The summed E-state index contributed by atoms with van der Waals surface area (Å²) in [7, 11) is 0. The minimum atomic E-state index is -0.890. The Hall–Kier alpha value is -1.88. The highest BCUT2D eigenvalue weighted by molar-refractivity contribution is 5.21. The standard InChI is InChI=1S/C17H20O4/c18-11-17(21-15-9-5-2-6-10-15)16(19)13-20-12-14-7-3-1-4-8-14/h1-10,16-19H,11-13H2. The van der Waals surface area contributed by atoms with Crippen molar-refractivity contribution in [1.29, 1.82) is 0 Å². The van der Waals surface area contributed by atoms with Gasteiger partial charge in [0.05, 0.1) is 19.8 Å².